The predicted octanol–water partition coefficient (Wildman–Crippen LogP) is 3.47. The molecule has 0 aliphatic rings. The number of aromatic nitrogens is 1. The van der Waals surface area contributed by atoms with Crippen LogP contribution in [0, 0.1) is 12.8 Å². The van der Waals surface area contributed by atoms with Crippen molar-refractivity contribution in [3.05, 3.63) is 46.5 Å². The lowest BCUT2D eigenvalue weighted by molar-refractivity contribution is -0.121. The summed E-state index contributed by atoms with van der Waals surface area (Å²) in [6, 6.07) is 7.94. The molecule has 2 aromatic rings. The molecule has 0 aliphatic carbocycles. The van der Waals surface area contributed by atoms with E-state index in [1.165, 1.54) is 11.3 Å². The number of amides is 2. The number of nitrogens with one attached hydrogen (secondary N) is 2. The second-order valence-electron chi connectivity index (χ2n) is 6.11. The first kappa shape index (κ1) is 18.1. The molecule has 1 aromatic carbocycles. The molecule has 1 heterocycles. The fraction of sp³-hybridized carbons (Fsp3) is 0.389. The molecule has 0 saturated heterocycles. The minimum Gasteiger partial charge on any atom is -0.349 e. The van der Waals surface area contributed by atoms with Crippen LogP contribution in [0.1, 0.15) is 43.6 Å². The van der Waals surface area contributed by atoms with Crippen molar-refractivity contribution in [3.63, 3.8) is 0 Å². The highest BCUT2D eigenvalue weighted by atomic mass is 32.1. The van der Waals surface area contributed by atoms with Crippen molar-refractivity contribution in [2.75, 3.05) is 5.32 Å². The van der Waals surface area contributed by atoms with Crippen LogP contribution in [0.2, 0.25) is 0 Å². The summed E-state index contributed by atoms with van der Waals surface area (Å²) in [5.74, 6) is -0.262. The Morgan fingerprint density at radius 2 is 1.92 bits per heavy atom. The summed E-state index contributed by atoms with van der Waals surface area (Å²) in [6.45, 7) is 7.65. The largest absolute Gasteiger partial charge is 0.349 e. The van der Waals surface area contributed by atoms with E-state index in [0.717, 1.165) is 11.1 Å². The van der Waals surface area contributed by atoms with Crippen molar-refractivity contribution in [3.8, 4) is 0 Å². The second-order valence-corrected chi connectivity index (χ2v) is 6.97. The number of nitrogens with zero attached hydrogens (tertiary/aromatic N) is 1. The summed E-state index contributed by atoms with van der Waals surface area (Å²) in [7, 11) is 0. The van der Waals surface area contributed by atoms with Gasteiger partial charge in [-0.15, -0.1) is 11.3 Å². The third-order valence-electron chi connectivity index (χ3n) is 3.68. The lowest BCUT2D eigenvalue weighted by atomic mass is 10.0. The molecule has 2 amide bonds. The van der Waals surface area contributed by atoms with Crippen LogP contribution in [-0.2, 0) is 16.0 Å². The number of benzene rings is 1. The molecular formula is C18H23N3O2S. The van der Waals surface area contributed by atoms with Crippen molar-refractivity contribution in [2.45, 2.75) is 40.2 Å². The fourth-order valence-corrected chi connectivity index (χ4v) is 3.02. The maximum atomic E-state index is 12.2. The highest BCUT2D eigenvalue weighted by Gasteiger charge is 2.14. The van der Waals surface area contributed by atoms with Crippen LogP contribution in [0.4, 0.5) is 5.13 Å². The second kappa shape index (κ2) is 8.06. The summed E-state index contributed by atoms with van der Waals surface area (Å²) in [5.41, 5.74) is 2.92. The van der Waals surface area contributed by atoms with Gasteiger partial charge in [0.05, 0.1) is 18.2 Å². The normalized spacial score (nSPS) is 12.0. The smallest absolute Gasteiger partial charge is 0.228 e. The van der Waals surface area contributed by atoms with Gasteiger partial charge in [0.2, 0.25) is 11.8 Å². The van der Waals surface area contributed by atoms with Crippen molar-refractivity contribution >= 4 is 28.3 Å². The summed E-state index contributed by atoms with van der Waals surface area (Å²) in [5, 5.41) is 8.07. The van der Waals surface area contributed by atoms with Crippen LogP contribution >= 0.6 is 11.3 Å². The van der Waals surface area contributed by atoms with Gasteiger partial charge in [-0.05, 0) is 25.0 Å². The average Bonchev–Trinajstić information content (AvgIpc) is 2.94. The molecule has 0 bridgehead atoms. The standard InChI is InChI=1S/C18H23N3O2S/c1-11(2)17(23)21-18-20-14(10-24-18)9-16(22)19-13(4)15-8-6-5-7-12(15)3/h5-8,10-11,13H,9H2,1-4H3,(H,19,22)(H,20,21,23)/t13-/m1/s1. The zero-order valence-electron chi connectivity index (χ0n) is 14.4. The number of hydrogen-bond donors (Lipinski definition) is 2. The molecule has 6 heteroatoms. The number of carbonyl (C=O) groups is 2. The number of rotatable bonds is 6. The zero-order chi connectivity index (χ0) is 17.7. The zero-order valence-corrected chi connectivity index (χ0v) is 15.2. The van der Waals surface area contributed by atoms with E-state index in [9.17, 15) is 9.59 Å². The van der Waals surface area contributed by atoms with Crippen molar-refractivity contribution in [1.82, 2.24) is 10.3 Å². The van der Waals surface area contributed by atoms with Gasteiger partial charge >= 0.3 is 0 Å². The Labute approximate surface area is 146 Å². The molecule has 0 unspecified atom stereocenters. The van der Waals surface area contributed by atoms with Crippen LogP contribution in [0.3, 0.4) is 0 Å². The summed E-state index contributed by atoms with van der Waals surface area (Å²) in [6.07, 6.45) is 0.199. The Hall–Kier alpha value is -2.21. The molecule has 5 nitrogen and oxygen atoms in total. The molecule has 1 aromatic heterocycles. The first-order chi connectivity index (χ1) is 11.4. The quantitative estimate of drug-likeness (QED) is 0.842. The molecule has 0 fully saturated rings. The van der Waals surface area contributed by atoms with E-state index in [1.54, 1.807) is 5.38 Å². The third-order valence-corrected chi connectivity index (χ3v) is 4.49. The lowest BCUT2D eigenvalue weighted by Gasteiger charge is -2.16. The molecule has 1 atom stereocenters. The summed E-state index contributed by atoms with van der Waals surface area (Å²) in [4.78, 5) is 28.2. The van der Waals surface area contributed by atoms with Crippen LogP contribution in [-0.4, -0.2) is 16.8 Å². The Morgan fingerprint density at radius 3 is 2.58 bits per heavy atom. The topological polar surface area (TPSA) is 71.1 Å². The SMILES string of the molecule is Cc1ccccc1[C@@H](C)NC(=O)Cc1csc(NC(=O)C(C)C)n1. The predicted molar refractivity (Wildman–Crippen MR) is 97.0 cm³/mol. The van der Waals surface area contributed by atoms with Gasteiger partial charge in [-0.2, -0.15) is 0 Å². The maximum absolute atomic E-state index is 12.2. The highest BCUT2D eigenvalue weighted by Crippen LogP contribution is 2.19. The van der Waals surface area contributed by atoms with Gasteiger partial charge in [-0.25, -0.2) is 4.98 Å². The molecule has 128 valence electrons. The molecular weight excluding hydrogens is 322 g/mol. The number of carbonyl (C=O) groups excluding carboxylic acids is 2. The first-order valence-corrected chi connectivity index (χ1v) is 8.85. The van der Waals surface area contributed by atoms with Gasteiger partial charge in [0.1, 0.15) is 0 Å². The Balaban J connectivity index is 1.92. The molecule has 0 aliphatic heterocycles. The number of hydrogen-bond acceptors (Lipinski definition) is 4. The number of aryl methyl sites for hydroxylation is 1. The van der Waals surface area contributed by atoms with E-state index in [1.807, 2.05) is 52.0 Å². The van der Waals surface area contributed by atoms with E-state index in [2.05, 4.69) is 15.6 Å². The van der Waals surface area contributed by atoms with Crippen molar-refractivity contribution in [2.24, 2.45) is 5.92 Å². The molecule has 24 heavy (non-hydrogen) atoms. The Morgan fingerprint density at radius 1 is 1.21 bits per heavy atom. The van der Waals surface area contributed by atoms with Gasteiger partial charge in [-0.3, -0.25) is 9.59 Å². The third kappa shape index (κ3) is 4.89. The monoisotopic (exact) mass is 345 g/mol. The van der Waals surface area contributed by atoms with Crippen LogP contribution in [0.25, 0.3) is 0 Å². The fourth-order valence-electron chi connectivity index (χ4n) is 2.30. The first-order valence-electron chi connectivity index (χ1n) is 7.97. The minimum absolute atomic E-state index is 0.0579. The van der Waals surface area contributed by atoms with Crippen LogP contribution < -0.4 is 10.6 Å². The van der Waals surface area contributed by atoms with Gasteiger partial charge in [0.15, 0.2) is 5.13 Å². The van der Waals surface area contributed by atoms with Crippen molar-refractivity contribution < 1.29 is 9.59 Å². The minimum atomic E-state index is -0.101. The Bertz CT molecular complexity index is 725. The Kier molecular flexibility index (Phi) is 6.09. The molecule has 2 N–H and O–H groups in total. The van der Waals surface area contributed by atoms with Crippen molar-refractivity contribution in [1.29, 1.82) is 0 Å². The van der Waals surface area contributed by atoms with Gasteiger partial charge in [0, 0.05) is 11.3 Å². The number of thiazole rings is 1. The van der Waals surface area contributed by atoms with E-state index in [4.69, 9.17) is 0 Å². The van der Waals surface area contributed by atoms with Crippen LogP contribution in [0.15, 0.2) is 29.6 Å². The maximum Gasteiger partial charge on any atom is 0.228 e. The van der Waals surface area contributed by atoms with E-state index in [-0.39, 0.29) is 30.2 Å². The van der Waals surface area contributed by atoms with Crippen LogP contribution in [0.5, 0.6) is 0 Å². The van der Waals surface area contributed by atoms with Gasteiger partial charge < -0.3 is 10.6 Å². The van der Waals surface area contributed by atoms with E-state index < -0.39 is 0 Å². The lowest BCUT2D eigenvalue weighted by Crippen LogP contribution is -2.28. The average molecular weight is 345 g/mol. The molecule has 2 rings (SSSR count). The van der Waals surface area contributed by atoms with Gasteiger partial charge in [0.25, 0.3) is 0 Å². The van der Waals surface area contributed by atoms with E-state index in [0.29, 0.717) is 10.8 Å². The molecule has 0 radical (unpaired) electrons. The summed E-state index contributed by atoms with van der Waals surface area (Å²) >= 11 is 1.33. The molecule has 0 saturated carbocycles. The van der Waals surface area contributed by atoms with Gasteiger partial charge in [-0.1, -0.05) is 38.1 Å². The highest BCUT2D eigenvalue weighted by molar-refractivity contribution is 7.13. The number of anilines is 1. The molecule has 0 spiro atoms. The van der Waals surface area contributed by atoms with E-state index >= 15 is 0 Å². The summed E-state index contributed by atoms with van der Waals surface area (Å²) < 4.78 is 0.